The number of amides is 7. The predicted molar refractivity (Wildman–Crippen MR) is 439 cm³/mol. The van der Waals surface area contributed by atoms with E-state index in [-0.39, 0.29) is 68.8 Å². The minimum absolute atomic E-state index is 0.00234. The summed E-state index contributed by atoms with van der Waals surface area (Å²) >= 11 is 15.4. The molecule has 122 heavy (non-hydrogen) atoms. The lowest BCUT2D eigenvalue weighted by Crippen LogP contribution is -2.65. The summed E-state index contributed by atoms with van der Waals surface area (Å²) in [5.41, 5.74) is 2.53. The number of halogens is 2. The average Bonchev–Trinajstić information content (AvgIpc) is 1.03. The number of aromatic nitrogens is 2. The van der Waals surface area contributed by atoms with Crippen molar-refractivity contribution in [1.29, 1.82) is 0 Å². The number of carbonyl (C=O) groups excluding carboxylic acids is 7. The Morgan fingerprint density at radius 2 is 1.32 bits per heavy atom. The Morgan fingerprint density at radius 3 is 1.96 bits per heavy atom. The zero-order chi connectivity index (χ0) is 87.7. The van der Waals surface area contributed by atoms with E-state index in [1.54, 1.807) is 44.2 Å². The van der Waals surface area contributed by atoms with Crippen molar-refractivity contribution in [1.82, 2.24) is 52.7 Å². The molecule has 19 N–H and O–H groups in total. The number of aliphatic hydroxyl groups excluding tert-OH is 5. The molecule has 7 aromatic rings. The SMILES string of the molecule is CCCCCCCCCCNC1(C)CC(OC2C(Oc3c4cc5cc3Oc3ccc(cc3Cl)[C@@H](O)[C@@H](NC(=O)[C@H](CC(C)C)NC)C(=O)N[C@@H](CC(N)=O)C(=O)N[C@H]5C(=O)N[C@H]3C(=O)N[C@H](C(=O)N[C@@H](C(=O)O)c5cc(O)cc(O)c5-c5cc3ccc5O)[C@H](O)c3ccc(c(Cl)c3)O4)OC(CSc3nnc(-c4ccccc4)o3)C(O)C2O)OC(C)C1O. The van der Waals surface area contributed by atoms with E-state index in [0.29, 0.717) is 12.1 Å². The molecule has 0 aliphatic carbocycles. The number of primary amides is 1. The third-order valence-corrected chi connectivity index (χ3v) is 23.4. The maximum absolute atomic E-state index is 16.4. The number of aliphatic hydroxyl groups is 5. The minimum atomic E-state index is -2.36. The van der Waals surface area contributed by atoms with Crippen molar-refractivity contribution >= 4 is 82.3 Å². The van der Waals surface area contributed by atoms with E-state index < -0.39 is 225 Å². The number of likely N-dealkylation sites (N-methyl/N-ethyl adjacent to an activating group) is 1. The van der Waals surface area contributed by atoms with E-state index in [9.17, 15) is 60.3 Å². The lowest BCUT2D eigenvalue weighted by atomic mass is 9.85. The lowest BCUT2D eigenvalue weighted by Gasteiger charge is -2.48. The molecule has 18 atom stereocenters. The largest absolute Gasteiger partial charge is 0.508 e. The van der Waals surface area contributed by atoms with E-state index in [0.717, 1.165) is 118 Å². The van der Waals surface area contributed by atoms with Crippen LogP contribution in [0.15, 0.2) is 119 Å². The van der Waals surface area contributed by atoms with Gasteiger partial charge in [0.25, 0.3) is 5.22 Å². The van der Waals surface area contributed by atoms with Gasteiger partial charge in [0.15, 0.2) is 29.9 Å². The molecule has 7 aliphatic heterocycles. The number of nitrogens with one attached hydrogen (secondary N) is 8. The third kappa shape index (κ3) is 21.1. The van der Waals surface area contributed by atoms with Gasteiger partial charge in [0.05, 0.1) is 40.8 Å². The monoisotopic (exact) mass is 1750 g/mol. The second-order valence-corrected chi connectivity index (χ2v) is 33.2. The highest BCUT2D eigenvalue weighted by Gasteiger charge is 2.53. The van der Waals surface area contributed by atoms with Gasteiger partial charge in [0.2, 0.25) is 59.3 Å². The van der Waals surface area contributed by atoms with Gasteiger partial charge in [-0.05, 0) is 135 Å². The summed E-state index contributed by atoms with van der Waals surface area (Å²) < 4.78 is 46.8. The molecule has 7 amide bonds. The van der Waals surface area contributed by atoms with Crippen LogP contribution in [-0.4, -0.2) is 202 Å². The molecule has 2 fully saturated rings. The summed E-state index contributed by atoms with van der Waals surface area (Å²) in [6.45, 7) is 9.72. The van der Waals surface area contributed by atoms with Crippen molar-refractivity contribution < 1.29 is 117 Å². The van der Waals surface area contributed by atoms with Crippen molar-refractivity contribution in [2.24, 2.45) is 11.7 Å². The van der Waals surface area contributed by atoms with Gasteiger partial charge in [0.1, 0.15) is 83.4 Å². The number of phenols is 3. The van der Waals surface area contributed by atoms with Gasteiger partial charge in [0, 0.05) is 46.0 Å². The van der Waals surface area contributed by atoms with Gasteiger partial charge in [-0.1, -0.05) is 137 Å². The molecule has 0 spiro atoms. The quantitative estimate of drug-likeness (QED) is 0.0197. The number of benzene rings is 6. The van der Waals surface area contributed by atoms with Crippen LogP contribution in [0.4, 0.5) is 0 Å². The van der Waals surface area contributed by atoms with Crippen molar-refractivity contribution in [2.45, 2.75) is 220 Å². The molecule has 6 aromatic carbocycles. The number of phenolic OH excluding ortho intramolecular Hbond substituents is 3. The summed E-state index contributed by atoms with van der Waals surface area (Å²) in [6, 6.07) is 8.54. The highest BCUT2D eigenvalue weighted by atomic mass is 35.5. The fourth-order valence-corrected chi connectivity index (χ4v) is 16.7. The molecule has 8 heterocycles. The Bertz CT molecular complexity index is 5000. The number of nitrogens with two attached hydrogens (primary N) is 1. The fraction of sp³-hybridized carbons (Fsp3) is 0.452. The zero-order valence-electron chi connectivity index (χ0n) is 67.3. The standard InChI is InChI=1S/C84H99Cl2N11O24S/c1-7-8-9-10-11-12-13-17-26-89-84(5)36-60(115-39(4)73(84)106)119-72-70(105)69(104)58(37-122-83-97-96-80(121-83)40-18-15-14-16-19-40)118-82(72)120-71-56-31-44-32-57(71)117-55-25-22-43(30-49(55)86)68(103)66-79(112)93-64(81(113)114)47-33-45(98)34-53(100)61(47)46-28-41(20-23-52(46)99)62(76(109)95-66)92-77(110)63(44)91-75(108)51(35-59(87)101)90-78(111)65(94-74(107)50(88-6)27-38(2)3)67(102)42-21-24-54(116-56)48(85)29-42/h14-16,18-25,28-34,38-39,50-51,58,60,62-70,72-73,82,88-89,98-100,102-106H,7-13,17,26-27,35-37H2,1-6H3,(H2,87,101)(H,90,111)(H,91,108)(H,92,110)(H,93,112)(H,94,107)(H,95,109)(H,113,114)/t39?,50-,51-,58?,60?,62+,63+,64+,65+,66-,67+,68+,69?,70?,72?,73?,82?,84?/m0/s1. The molecule has 0 radical (unpaired) electrons. The second kappa shape index (κ2) is 39.8. The molecule has 1 aromatic heterocycles. The molecule has 2 saturated heterocycles. The number of hydrogen-bond donors (Lipinski definition) is 18. The highest BCUT2D eigenvalue weighted by molar-refractivity contribution is 7.99. The number of nitrogens with zero attached hydrogens (tertiary/aromatic N) is 2. The Labute approximate surface area is 714 Å². The van der Waals surface area contributed by atoms with Crippen LogP contribution in [0.5, 0.6) is 46.0 Å². The van der Waals surface area contributed by atoms with Gasteiger partial charge >= 0.3 is 5.97 Å². The van der Waals surface area contributed by atoms with E-state index in [2.05, 4.69) is 59.7 Å². The molecule has 14 rings (SSSR count). The number of aromatic hydroxyl groups is 3. The Balaban J connectivity index is 1.06. The van der Waals surface area contributed by atoms with Crippen LogP contribution in [0.3, 0.4) is 0 Å². The number of aliphatic carboxylic acids is 1. The fourth-order valence-electron chi connectivity index (χ4n) is 15.4. The third-order valence-electron chi connectivity index (χ3n) is 21.9. The van der Waals surface area contributed by atoms with Crippen molar-refractivity contribution in [3.8, 4) is 68.6 Å². The Kier molecular flexibility index (Phi) is 29.6. The van der Waals surface area contributed by atoms with Crippen molar-refractivity contribution in [2.75, 3.05) is 19.3 Å². The van der Waals surface area contributed by atoms with Gasteiger partial charge < -0.3 is 127 Å². The van der Waals surface area contributed by atoms with Crippen LogP contribution in [0.2, 0.25) is 10.0 Å². The van der Waals surface area contributed by atoms with Crippen LogP contribution in [0.25, 0.3) is 22.6 Å². The molecule has 654 valence electrons. The summed E-state index contributed by atoms with van der Waals surface area (Å²) in [5.74, 6) is -15.9. The summed E-state index contributed by atoms with van der Waals surface area (Å²) in [5, 5.41) is 136. The van der Waals surface area contributed by atoms with Crippen LogP contribution >= 0.6 is 35.0 Å². The minimum Gasteiger partial charge on any atom is -0.508 e. The molecule has 0 saturated carbocycles. The van der Waals surface area contributed by atoms with Crippen molar-refractivity contribution in [3.63, 3.8) is 0 Å². The summed E-state index contributed by atoms with van der Waals surface area (Å²) in [6.07, 6.45) is -9.55. The summed E-state index contributed by atoms with van der Waals surface area (Å²) in [4.78, 5) is 119. The number of ether oxygens (including phenoxy) is 6. The maximum Gasteiger partial charge on any atom is 0.330 e. The molecule has 35 nitrogen and oxygen atoms in total. The molecule has 11 bridgehead atoms. The number of hydrogen-bond acceptors (Lipinski definition) is 28. The predicted octanol–water partition coefficient (Wildman–Crippen LogP) is 6.73. The van der Waals surface area contributed by atoms with E-state index >= 15 is 24.0 Å². The normalized spacial score (nSPS) is 26.4. The maximum atomic E-state index is 16.4. The van der Waals surface area contributed by atoms with Crippen LogP contribution in [-0.2, 0) is 52.6 Å². The van der Waals surface area contributed by atoms with Gasteiger partial charge in [-0.25, -0.2) is 4.79 Å². The highest BCUT2D eigenvalue weighted by Crippen LogP contribution is 2.50. The number of carboxylic acids is 1. The number of fused-ring (bicyclic) bond motifs is 15. The topological polar surface area (TPSA) is 535 Å². The van der Waals surface area contributed by atoms with E-state index in [1.165, 1.54) is 31.3 Å². The number of unbranched alkanes of at least 4 members (excludes halogenated alkanes) is 7. The lowest BCUT2D eigenvalue weighted by molar-refractivity contribution is -0.330. The smallest absolute Gasteiger partial charge is 0.330 e. The van der Waals surface area contributed by atoms with Crippen LogP contribution in [0.1, 0.15) is 163 Å². The molecule has 38 heteroatoms. The van der Waals surface area contributed by atoms with Crippen LogP contribution < -0.4 is 62.5 Å². The first kappa shape index (κ1) is 90.8. The van der Waals surface area contributed by atoms with E-state index in [1.807, 2.05) is 13.8 Å². The first-order chi connectivity index (χ1) is 58.2. The van der Waals surface area contributed by atoms with Gasteiger partial charge in [-0.2, -0.15) is 0 Å². The molecule has 9 unspecified atom stereocenters. The van der Waals surface area contributed by atoms with Gasteiger partial charge in [-0.15, -0.1) is 10.2 Å². The first-order valence-electron chi connectivity index (χ1n) is 40.0. The average molecular weight is 1750 g/mol. The number of carboxylic acid groups (broad SMARTS) is 1. The van der Waals surface area contributed by atoms with Crippen molar-refractivity contribution in [3.05, 3.63) is 147 Å². The Hall–Kier alpha value is -10.5. The molecule has 7 aliphatic rings. The Morgan fingerprint density at radius 1 is 0.689 bits per heavy atom. The number of rotatable bonds is 26. The van der Waals surface area contributed by atoms with Gasteiger partial charge in [-0.3, -0.25) is 33.6 Å². The first-order valence-corrected chi connectivity index (χ1v) is 41.8. The molecular formula is C84H99Cl2N11O24S. The van der Waals surface area contributed by atoms with Crippen LogP contribution in [0, 0.1) is 5.92 Å². The number of thioether (sulfide) groups is 1. The molecular weight excluding hydrogens is 1650 g/mol. The van der Waals surface area contributed by atoms with E-state index in [4.69, 9.17) is 61.8 Å². The summed E-state index contributed by atoms with van der Waals surface area (Å²) in [7, 11) is 1.49. The second-order valence-electron chi connectivity index (χ2n) is 31.4. The zero-order valence-corrected chi connectivity index (χ0v) is 69.6. The number of carbonyl (C=O) groups is 8.